The van der Waals surface area contributed by atoms with E-state index in [1.54, 1.807) is 12.1 Å². The highest BCUT2D eigenvalue weighted by atomic mass is 19.4. The summed E-state index contributed by atoms with van der Waals surface area (Å²) in [7, 11) is 0. The molecule has 0 fully saturated rings. The van der Waals surface area contributed by atoms with Gasteiger partial charge in [0, 0.05) is 6.54 Å². The molecule has 4 nitrogen and oxygen atoms in total. The van der Waals surface area contributed by atoms with Crippen LogP contribution in [0.5, 0.6) is 0 Å². The van der Waals surface area contributed by atoms with E-state index in [2.05, 4.69) is 5.43 Å². The number of nitrogens with one attached hydrogen (secondary N) is 1. The molecule has 0 radical (unpaired) electrons. The minimum absolute atomic E-state index is 0.196. The first-order valence-corrected chi connectivity index (χ1v) is 5.18. The lowest BCUT2D eigenvalue weighted by molar-refractivity contribution is -0.134. The molecule has 18 heavy (non-hydrogen) atoms. The molecule has 1 aliphatic rings. The fourth-order valence-electron chi connectivity index (χ4n) is 1.64. The summed E-state index contributed by atoms with van der Waals surface area (Å²) in [6.07, 6.45) is -5.44. The molecule has 0 aliphatic carbocycles. The first-order chi connectivity index (χ1) is 8.40. The van der Waals surface area contributed by atoms with Crippen LogP contribution in [0, 0.1) is 0 Å². The third-order valence-electron chi connectivity index (χ3n) is 2.47. The first-order valence-electron chi connectivity index (χ1n) is 5.18. The van der Waals surface area contributed by atoms with Gasteiger partial charge in [0.2, 0.25) is 0 Å². The van der Waals surface area contributed by atoms with Gasteiger partial charge < -0.3 is 0 Å². The van der Waals surface area contributed by atoms with Crippen LogP contribution >= 0.6 is 0 Å². The number of carbonyl (C=O) groups is 2. The number of alkyl halides is 3. The van der Waals surface area contributed by atoms with Gasteiger partial charge in [-0.25, -0.2) is 10.4 Å². The van der Waals surface area contributed by atoms with Crippen LogP contribution in [-0.4, -0.2) is 29.5 Å². The van der Waals surface area contributed by atoms with Crippen LogP contribution in [0.4, 0.5) is 13.2 Å². The molecule has 0 bridgehead atoms. The van der Waals surface area contributed by atoms with Gasteiger partial charge >= 0.3 is 6.18 Å². The van der Waals surface area contributed by atoms with E-state index in [0.29, 0.717) is 5.01 Å². The number of carbonyl (C=O) groups excluding carboxylic acids is 2. The van der Waals surface area contributed by atoms with Crippen molar-refractivity contribution in [1.82, 2.24) is 10.4 Å². The molecular weight excluding hydrogens is 249 g/mol. The Hall–Kier alpha value is -1.89. The number of benzene rings is 1. The van der Waals surface area contributed by atoms with E-state index in [1.807, 2.05) is 0 Å². The highest BCUT2D eigenvalue weighted by Crippen LogP contribution is 2.22. The van der Waals surface area contributed by atoms with E-state index in [9.17, 15) is 22.8 Å². The van der Waals surface area contributed by atoms with Crippen LogP contribution in [-0.2, 0) is 0 Å². The molecule has 7 heteroatoms. The molecule has 0 unspecified atom stereocenters. The zero-order valence-electron chi connectivity index (χ0n) is 9.12. The normalized spacial score (nSPS) is 15.2. The molecule has 0 atom stereocenters. The zero-order valence-corrected chi connectivity index (χ0v) is 9.12. The van der Waals surface area contributed by atoms with Gasteiger partial charge in [-0.3, -0.25) is 9.59 Å². The molecular formula is C11H9F3N2O2. The van der Waals surface area contributed by atoms with E-state index in [1.165, 1.54) is 12.1 Å². The second-order valence-corrected chi connectivity index (χ2v) is 3.76. The zero-order chi connectivity index (χ0) is 13.3. The predicted molar refractivity (Wildman–Crippen MR) is 55.6 cm³/mol. The van der Waals surface area contributed by atoms with E-state index in [4.69, 9.17) is 0 Å². The summed E-state index contributed by atoms with van der Waals surface area (Å²) < 4.78 is 35.9. The third-order valence-corrected chi connectivity index (χ3v) is 2.47. The van der Waals surface area contributed by atoms with Gasteiger partial charge in [-0.1, -0.05) is 12.1 Å². The summed E-state index contributed by atoms with van der Waals surface area (Å²) in [5.41, 5.74) is 2.59. The molecule has 0 saturated heterocycles. The number of nitrogens with zero attached hydrogens (tertiary/aromatic N) is 1. The Balaban J connectivity index is 2.05. The van der Waals surface area contributed by atoms with Crippen LogP contribution in [0.3, 0.4) is 0 Å². The molecule has 1 aromatic carbocycles. The van der Waals surface area contributed by atoms with Crippen LogP contribution in [0.2, 0.25) is 0 Å². The summed E-state index contributed by atoms with van der Waals surface area (Å²) >= 11 is 0. The number of amides is 2. The highest BCUT2D eigenvalue weighted by Gasteiger charge is 2.36. The number of halogens is 3. The molecule has 2 rings (SSSR count). The van der Waals surface area contributed by atoms with Gasteiger partial charge in [-0.2, -0.15) is 13.2 Å². The Morgan fingerprint density at radius 1 is 1.06 bits per heavy atom. The maximum absolute atomic E-state index is 12.0. The average Bonchev–Trinajstić information content (AvgIpc) is 2.53. The van der Waals surface area contributed by atoms with Crippen molar-refractivity contribution in [3.63, 3.8) is 0 Å². The van der Waals surface area contributed by atoms with Crippen LogP contribution in [0.15, 0.2) is 24.3 Å². The van der Waals surface area contributed by atoms with Crippen molar-refractivity contribution in [3.05, 3.63) is 35.4 Å². The van der Waals surface area contributed by atoms with E-state index >= 15 is 0 Å². The maximum Gasteiger partial charge on any atom is 0.390 e. The van der Waals surface area contributed by atoms with Gasteiger partial charge in [0.1, 0.15) is 0 Å². The number of hydrogen-bond acceptors (Lipinski definition) is 3. The molecule has 2 amide bonds. The fourth-order valence-corrected chi connectivity index (χ4v) is 1.64. The predicted octanol–water partition coefficient (Wildman–Crippen LogP) is 1.74. The Morgan fingerprint density at radius 2 is 1.56 bits per heavy atom. The van der Waals surface area contributed by atoms with E-state index in [-0.39, 0.29) is 11.1 Å². The lowest BCUT2D eigenvalue weighted by atomic mass is 10.1. The molecule has 1 aliphatic heterocycles. The lowest BCUT2D eigenvalue weighted by Crippen LogP contribution is -2.43. The highest BCUT2D eigenvalue weighted by molar-refractivity contribution is 6.20. The molecule has 1 N–H and O–H groups in total. The third kappa shape index (κ3) is 2.35. The largest absolute Gasteiger partial charge is 0.390 e. The van der Waals surface area contributed by atoms with E-state index < -0.39 is 31.0 Å². The van der Waals surface area contributed by atoms with Crippen molar-refractivity contribution in [1.29, 1.82) is 0 Å². The Labute approximate surface area is 100 Å². The van der Waals surface area contributed by atoms with Gasteiger partial charge in [-0.05, 0) is 12.1 Å². The second-order valence-electron chi connectivity index (χ2n) is 3.76. The number of rotatable bonds is 3. The lowest BCUT2D eigenvalue weighted by Gasteiger charge is -2.15. The smallest absolute Gasteiger partial charge is 0.267 e. The Bertz CT molecular complexity index is 464. The van der Waals surface area contributed by atoms with Crippen molar-refractivity contribution < 1.29 is 22.8 Å². The Kier molecular flexibility index (Phi) is 3.08. The summed E-state index contributed by atoms with van der Waals surface area (Å²) in [4.78, 5) is 23.4. The summed E-state index contributed by atoms with van der Waals surface area (Å²) in [6, 6.07) is 6.09. The quantitative estimate of drug-likeness (QED) is 0.840. The van der Waals surface area contributed by atoms with Crippen LogP contribution in [0.1, 0.15) is 27.1 Å². The standard InChI is InChI=1S/C11H9F3N2O2/c12-11(13,14)5-6-15-16-9(17)7-3-1-2-4-8(7)10(16)18/h1-4,15H,5-6H2. The monoisotopic (exact) mass is 258 g/mol. The number of hydrogen-bond donors (Lipinski definition) is 1. The summed E-state index contributed by atoms with van der Waals surface area (Å²) in [5, 5.41) is 0.621. The topological polar surface area (TPSA) is 49.4 Å². The van der Waals surface area contributed by atoms with Crippen LogP contribution < -0.4 is 5.43 Å². The molecule has 0 aromatic heterocycles. The molecule has 0 saturated carbocycles. The fraction of sp³-hybridized carbons (Fsp3) is 0.273. The Morgan fingerprint density at radius 3 is 2.00 bits per heavy atom. The number of hydrazine groups is 1. The van der Waals surface area contributed by atoms with Crippen LogP contribution in [0.25, 0.3) is 0 Å². The average molecular weight is 258 g/mol. The SMILES string of the molecule is O=C1c2ccccc2C(=O)N1NCCC(F)(F)F. The van der Waals surface area contributed by atoms with E-state index in [0.717, 1.165) is 0 Å². The molecule has 1 heterocycles. The van der Waals surface area contributed by atoms with Crippen molar-refractivity contribution in [3.8, 4) is 0 Å². The molecule has 96 valence electrons. The summed E-state index contributed by atoms with van der Waals surface area (Å²) in [5.74, 6) is -1.25. The second kappa shape index (κ2) is 4.41. The molecule has 1 aromatic rings. The number of fused-ring (bicyclic) bond motifs is 1. The molecule has 0 spiro atoms. The van der Waals surface area contributed by atoms with Gasteiger partial charge in [0.15, 0.2) is 0 Å². The number of imide groups is 1. The van der Waals surface area contributed by atoms with Crippen molar-refractivity contribution in [2.45, 2.75) is 12.6 Å². The first kappa shape index (κ1) is 12.6. The van der Waals surface area contributed by atoms with Crippen molar-refractivity contribution >= 4 is 11.8 Å². The van der Waals surface area contributed by atoms with Crippen molar-refractivity contribution in [2.75, 3.05) is 6.54 Å². The minimum atomic E-state index is -4.33. The van der Waals surface area contributed by atoms with Gasteiger partial charge in [-0.15, -0.1) is 0 Å². The van der Waals surface area contributed by atoms with Crippen molar-refractivity contribution in [2.24, 2.45) is 0 Å². The summed E-state index contributed by atoms with van der Waals surface area (Å²) in [6.45, 7) is -0.519. The van der Waals surface area contributed by atoms with Gasteiger partial charge in [0.05, 0.1) is 17.5 Å². The maximum atomic E-state index is 12.0. The van der Waals surface area contributed by atoms with Gasteiger partial charge in [0.25, 0.3) is 11.8 Å². The minimum Gasteiger partial charge on any atom is -0.267 e.